The van der Waals surface area contributed by atoms with E-state index in [2.05, 4.69) is 24.1 Å². The van der Waals surface area contributed by atoms with Crippen LogP contribution in [0.2, 0.25) is 0 Å². The molecule has 0 saturated carbocycles. The first-order chi connectivity index (χ1) is 6.75. The molecule has 14 heavy (non-hydrogen) atoms. The highest BCUT2D eigenvalue weighted by Crippen LogP contribution is 2.23. The van der Waals surface area contributed by atoms with Gasteiger partial charge in [-0.05, 0) is 0 Å². The molecule has 1 aliphatic heterocycles. The summed E-state index contributed by atoms with van der Waals surface area (Å²) in [6, 6.07) is 0.521. The summed E-state index contributed by atoms with van der Waals surface area (Å²) in [5.74, 6) is 0. The summed E-state index contributed by atoms with van der Waals surface area (Å²) in [4.78, 5) is 5.92. The smallest absolute Gasteiger partial charge is 0.107 e. The molecular formula is C10H16N2OS. The van der Waals surface area contributed by atoms with Gasteiger partial charge in [0.05, 0.1) is 23.8 Å². The van der Waals surface area contributed by atoms with Crippen molar-refractivity contribution >= 4 is 11.3 Å². The molecule has 1 aromatic rings. The van der Waals surface area contributed by atoms with Gasteiger partial charge < -0.3 is 10.1 Å². The van der Waals surface area contributed by atoms with Crippen molar-refractivity contribution in [3.05, 3.63) is 15.6 Å². The topological polar surface area (TPSA) is 34.2 Å². The Morgan fingerprint density at radius 2 is 2.43 bits per heavy atom. The fourth-order valence-electron chi connectivity index (χ4n) is 1.45. The van der Waals surface area contributed by atoms with E-state index < -0.39 is 0 Å². The van der Waals surface area contributed by atoms with Crippen molar-refractivity contribution in [2.75, 3.05) is 6.61 Å². The lowest BCUT2D eigenvalue weighted by molar-refractivity contribution is 0.112. The first kappa shape index (κ1) is 10.1. The van der Waals surface area contributed by atoms with Gasteiger partial charge in [-0.15, -0.1) is 11.3 Å². The van der Waals surface area contributed by atoms with Gasteiger partial charge in [0, 0.05) is 19.0 Å². The van der Waals surface area contributed by atoms with Gasteiger partial charge in [0.1, 0.15) is 5.01 Å². The lowest BCUT2D eigenvalue weighted by atomic mass is 10.2. The average molecular weight is 212 g/mol. The number of fused-ring (bicyclic) bond motifs is 1. The predicted octanol–water partition coefficient (Wildman–Crippen LogP) is 1.71. The first-order valence-corrected chi connectivity index (χ1v) is 5.86. The minimum absolute atomic E-state index is 0.521. The molecule has 0 amide bonds. The van der Waals surface area contributed by atoms with Gasteiger partial charge in [-0.25, -0.2) is 4.98 Å². The number of aromatic nitrogens is 1. The van der Waals surface area contributed by atoms with Gasteiger partial charge in [-0.2, -0.15) is 0 Å². The Balaban J connectivity index is 2.01. The SMILES string of the molecule is CC(C)NCc1nc2c(s1)COCC2. The lowest BCUT2D eigenvalue weighted by Gasteiger charge is -2.08. The zero-order valence-electron chi connectivity index (χ0n) is 8.67. The van der Waals surface area contributed by atoms with Crippen LogP contribution in [0.5, 0.6) is 0 Å². The molecule has 0 bridgehead atoms. The van der Waals surface area contributed by atoms with Crippen LogP contribution >= 0.6 is 11.3 Å². The third-order valence-corrected chi connectivity index (χ3v) is 3.27. The van der Waals surface area contributed by atoms with E-state index in [1.165, 1.54) is 15.6 Å². The van der Waals surface area contributed by atoms with Crippen molar-refractivity contribution in [3.63, 3.8) is 0 Å². The van der Waals surface area contributed by atoms with Crippen molar-refractivity contribution in [3.8, 4) is 0 Å². The number of hydrogen-bond donors (Lipinski definition) is 1. The molecule has 0 radical (unpaired) electrons. The Bertz CT molecular complexity index is 286. The van der Waals surface area contributed by atoms with Gasteiger partial charge in [-0.3, -0.25) is 0 Å². The molecule has 1 N–H and O–H groups in total. The number of rotatable bonds is 3. The molecule has 0 aromatic carbocycles. The van der Waals surface area contributed by atoms with Crippen molar-refractivity contribution < 1.29 is 4.74 Å². The molecule has 1 aromatic heterocycles. The fraction of sp³-hybridized carbons (Fsp3) is 0.700. The van der Waals surface area contributed by atoms with E-state index in [-0.39, 0.29) is 0 Å². The summed E-state index contributed by atoms with van der Waals surface area (Å²) in [6.45, 7) is 6.77. The normalized spacial score (nSPS) is 15.9. The summed E-state index contributed by atoms with van der Waals surface area (Å²) in [5.41, 5.74) is 1.25. The van der Waals surface area contributed by atoms with E-state index in [4.69, 9.17) is 4.74 Å². The van der Waals surface area contributed by atoms with E-state index in [0.717, 1.165) is 26.2 Å². The van der Waals surface area contributed by atoms with Gasteiger partial charge in [0.15, 0.2) is 0 Å². The summed E-state index contributed by atoms with van der Waals surface area (Å²) in [5, 5.41) is 4.57. The quantitative estimate of drug-likeness (QED) is 0.828. The molecule has 2 heterocycles. The summed E-state index contributed by atoms with van der Waals surface area (Å²) in [6.07, 6.45) is 0.980. The van der Waals surface area contributed by atoms with Crippen LogP contribution in [0.1, 0.15) is 29.4 Å². The Labute approximate surface area is 88.5 Å². The molecule has 0 fully saturated rings. The summed E-state index contributed by atoms with van der Waals surface area (Å²) < 4.78 is 5.38. The van der Waals surface area contributed by atoms with Gasteiger partial charge in [0.25, 0.3) is 0 Å². The Morgan fingerprint density at radius 3 is 3.14 bits per heavy atom. The number of ether oxygens (including phenoxy) is 1. The second-order valence-electron chi connectivity index (χ2n) is 3.82. The first-order valence-electron chi connectivity index (χ1n) is 5.04. The number of hydrogen-bond acceptors (Lipinski definition) is 4. The van der Waals surface area contributed by atoms with Crippen molar-refractivity contribution in [2.24, 2.45) is 0 Å². The molecule has 3 nitrogen and oxygen atoms in total. The Kier molecular flexibility index (Phi) is 3.15. The highest BCUT2D eigenvalue weighted by atomic mass is 32.1. The summed E-state index contributed by atoms with van der Waals surface area (Å²) in [7, 11) is 0. The van der Waals surface area contributed by atoms with Gasteiger partial charge >= 0.3 is 0 Å². The van der Waals surface area contributed by atoms with Crippen molar-refractivity contribution in [1.82, 2.24) is 10.3 Å². The molecule has 2 rings (SSSR count). The largest absolute Gasteiger partial charge is 0.375 e. The molecule has 0 spiro atoms. The number of thiazole rings is 1. The van der Waals surface area contributed by atoms with E-state index in [9.17, 15) is 0 Å². The molecule has 78 valence electrons. The average Bonchev–Trinajstić information content (AvgIpc) is 2.57. The molecule has 0 atom stereocenters. The third-order valence-electron chi connectivity index (χ3n) is 2.20. The van der Waals surface area contributed by atoms with Crippen LogP contribution in [0.15, 0.2) is 0 Å². The van der Waals surface area contributed by atoms with Crippen LogP contribution in [-0.4, -0.2) is 17.6 Å². The van der Waals surface area contributed by atoms with Crippen LogP contribution in [-0.2, 0) is 24.3 Å². The van der Waals surface area contributed by atoms with E-state index in [1.807, 2.05) is 0 Å². The number of nitrogens with zero attached hydrogens (tertiary/aromatic N) is 1. The third kappa shape index (κ3) is 2.32. The van der Waals surface area contributed by atoms with Crippen LogP contribution in [0.25, 0.3) is 0 Å². The van der Waals surface area contributed by atoms with E-state index in [1.54, 1.807) is 11.3 Å². The second kappa shape index (κ2) is 4.38. The zero-order chi connectivity index (χ0) is 9.97. The van der Waals surface area contributed by atoms with E-state index in [0.29, 0.717) is 6.04 Å². The molecule has 0 aliphatic carbocycles. The zero-order valence-corrected chi connectivity index (χ0v) is 9.49. The van der Waals surface area contributed by atoms with Crippen molar-refractivity contribution in [2.45, 2.75) is 39.5 Å². The van der Waals surface area contributed by atoms with Crippen LogP contribution in [0.3, 0.4) is 0 Å². The monoisotopic (exact) mass is 212 g/mol. The fourth-order valence-corrected chi connectivity index (χ4v) is 2.45. The standard InChI is InChI=1S/C10H16N2OS/c1-7(2)11-5-10-12-8-3-4-13-6-9(8)14-10/h7,11H,3-6H2,1-2H3. The lowest BCUT2D eigenvalue weighted by Crippen LogP contribution is -2.21. The maximum atomic E-state index is 5.38. The molecule has 4 heteroatoms. The van der Waals surface area contributed by atoms with Crippen LogP contribution in [0, 0.1) is 0 Å². The predicted molar refractivity (Wildman–Crippen MR) is 57.4 cm³/mol. The Hall–Kier alpha value is -0.450. The van der Waals surface area contributed by atoms with Gasteiger partial charge in [0.2, 0.25) is 0 Å². The Morgan fingerprint density at radius 1 is 1.57 bits per heavy atom. The summed E-state index contributed by atoms with van der Waals surface area (Å²) >= 11 is 1.78. The highest BCUT2D eigenvalue weighted by Gasteiger charge is 2.15. The number of nitrogens with one attached hydrogen (secondary N) is 1. The minimum atomic E-state index is 0.521. The molecule has 0 unspecified atom stereocenters. The van der Waals surface area contributed by atoms with Crippen LogP contribution < -0.4 is 5.32 Å². The maximum absolute atomic E-state index is 5.38. The van der Waals surface area contributed by atoms with Gasteiger partial charge in [-0.1, -0.05) is 13.8 Å². The molecular weight excluding hydrogens is 196 g/mol. The molecule has 0 saturated heterocycles. The molecule has 1 aliphatic rings. The highest BCUT2D eigenvalue weighted by molar-refractivity contribution is 7.11. The second-order valence-corrected chi connectivity index (χ2v) is 4.98. The minimum Gasteiger partial charge on any atom is -0.375 e. The van der Waals surface area contributed by atoms with E-state index >= 15 is 0 Å². The maximum Gasteiger partial charge on any atom is 0.107 e. The van der Waals surface area contributed by atoms with Crippen LogP contribution in [0.4, 0.5) is 0 Å². The van der Waals surface area contributed by atoms with Crippen molar-refractivity contribution in [1.29, 1.82) is 0 Å².